The van der Waals surface area contributed by atoms with Crippen LogP contribution in [-0.4, -0.2) is 24.5 Å². The number of hydrogen-bond acceptors (Lipinski definition) is 2. The normalized spacial score (nSPS) is 22.1. The van der Waals surface area contributed by atoms with Crippen molar-refractivity contribution < 1.29 is 4.39 Å². The van der Waals surface area contributed by atoms with Gasteiger partial charge in [0, 0.05) is 12.6 Å². The zero-order valence-electron chi connectivity index (χ0n) is 12.0. The Kier molecular flexibility index (Phi) is 4.94. The monoisotopic (exact) mass is 264 g/mol. The number of likely N-dealkylation sites (tertiary alicyclic amines) is 1. The number of nitrogens with zero attached hydrogens (tertiary/aromatic N) is 1. The summed E-state index contributed by atoms with van der Waals surface area (Å²) >= 11 is 0. The van der Waals surface area contributed by atoms with E-state index in [2.05, 4.69) is 18.7 Å². The maximum Gasteiger partial charge on any atom is 0.123 e. The summed E-state index contributed by atoms with van der Waals surface area (Å²) in [5.41, 5.74) is 7.20. The van der Waals surface area contributed by atoms with E-state index in [0.717, 1.165) is 30.4 Å². The lowest BCUT2D eigenvalue weighted by atomic mass is 9.95. The molecule has 2 unspecified atom stereocenters. The van der Waals surface area contributed by atoms with Gasteiger partial charge in [0.1, 0.15) is 5.82 Å². The van der Waals surface area contributed by atoms with E-state index in [-0.39, 0.29) is 11.9 Å². The molecule has 0 aromatic heterocycles. The van der Waals surface area contributed by atoms with Crippen LogP contribution in [0.1, 0.15) is 38.3 Å². The highest BCUT2D eigenvalue weighted by atomic mass is 19.1. The summed E-state index contributed by atoms with van der Waals surface area (Å²) in [5, 5.41) is 0. The summed E-state index contributed by atoms with van der Waals surface area (Å²) in [6, 6.07) is 6.57. The first-order valence-corrected chi connectivity index (χ1v) is 7.29. The average molecular weight is 264 g/mol. The lowest BCUT2D eigenvalue weighted by Gasteiger charge is -2.20. The molecule has 2 atom stereocenters. The molecule has 2 N–H and O–H groups in total. The number of rotatable bonds is 5. The lowest BCUT2D eigenvalue weighted by molar-refractivity contribution is 0.292. The van der Waals surface area contributed by atoms with Gasteiger partial charge in [-0.15, -0.1) is 0 Å². The van der Waals surface area contributed by atoms with Crippen molar-refractivity contribution in [2.75, 3.05) is 19.6 Å². The van der Waals surface area contributed by atoms with Crippen LogP contribution < -0.4 is 5.73 Å². The fourth-order valence-corrected chi connectivity index (χ4v) is 2.81. The van der Waals surface area contributed by atoms with Gasteiger partial charge in [-0.3, -0.25) is 0 Å². The van der Waals surface area contributed by atoms with Crippen molar-refractivity contribution in [3.63, 3.8) is 0 Å². The standard InChI is InChI=1S/C16H25FN2/c1-12(2)14-7-9-19(11-14)10-8-16(18)13-3-5-15(17)6-4-13/h3-6,12,14,16H,7-11,18H2,1-2H3. The van der Waals surface area contributed by atoms with Crippen molar-refractivity contribution in [2.24, 2.45) is 17.6 Å². The van der Waals surface area contributed by atoms with Crippen LogP contribution >= 0.6 is 0 Å². The smallest absolute Gasteiger partial charge is 0.123 e. The molecule has 0 spiro atoms. The molecule has 1 fully saturated rings. The first kappa shape index (κ1) is 14.5. The number of hydrogen-bond donors (Lipinski definition) is 1. The van der Waals surface area contributed by atoms with Crippen LogP contribution in [0.15, 0.2) is 24.3 Å². The minimum Gasteiger partial charge on any atom is -0.324 e. The fraction of sp³-hybridized carbons (Fsp3) is 0.625. The molecule has 106 valence electrons. The summed E-state index contributed by atoms with van der Waals surface area (Å²) < 4.78 is 12.9. The molecular formula is C16H25FN2. The lowest BCUT2D eigenvalue weighted by Crippen LogP contribution is -2.26. The Morgan fingerprint density at radius 3 is 2.58 bits per heavy atom. The quantitative estimate of drug-likeness (QED) is 0.885. The predicted octanol–water partition coefficient (Wildman–Crippen LogP) is 3.19. The molecule has 1 aliphatic rings. The van der Waals surface area contributed by atoms with Crippen molar-refractivity contribution >= 4 is 0 Å². The van der Waals surface area contributed by atoms with Crippen LogP contribution in [0.3, 0.4) is 0 Å². The maximum absolute atomic E-state index is 12.9. The van der Waals surface area contributed by atoms with Gasteiger partial charge < -0.3 is 10.6 Å². The summed E-state index contributed by atoms with van der Waals surface area (Å²) in [6.07, 6.45) is 2.25. The van der Waals surface area contributed by atoms with Crippen LogP contribution in [0.4, 0.5) is 4.39 Å². The summed E-state index contributed by atoms with van der Waals surface area (Å²) in [5.74, 6) is 1.41. The first-order chi connectivity index (χ1) is 9.06. The highest BCUT2D eigenvalue weighted by Crippen LogP contribution is 2.24. The van der Waals surface area contributed by atoms with Crippen LogP contribution in [0.5, 0.6) is 0 Å². The topological polar surface area (TPSA) is 29.3 Å². The van der Waals surface area contributed by atoms with E-state index >= 15 is 0 Å². The Balaban J connectivity index is 1.78. The van der Waals surface area contributed by atoms with E-state index < -0.39 is 0 Å². The molecule has 1 aromatic carbocycles. The van der Waals surface area contributed by atoms with Crippen molar-refractivity contribution in [2.45, 2.75) is 32.7 Å². The van der Waals surface area contributed by atoms with Crippen molar-refractivity contribution in [1.29, 1.82) is 0 Å². The molecule has 1 saturated heterocycles. The van der Waals surface area contributed by atoms with E-state index in [1.807, 2.05) is 0 Å². The summed E-state index contributed by atoms with van der Waals surface area (Å²) in [4.78, 5) is 2.51. The molecule has 1 aromatic rings. The molecule has 3 heteroatoms. The minimum absolute atomic E-state index is 0.0127. The molecule has 0 aliphatic carbocycles. The largest absolute Gasteiger partial charge is 0.324 e. The zero-order valence-corrected chi connectivity index (χ0v) is 12.0. The molecule has 2 nitrogen and oxygen atoms in total. The third-order valence-corrected chi connectivity index (χ3v) is 4.31. The Morgan fingerprint density at radius 2 is 2.00 bits per heavy atom. The summed E-state index contributed by atoms with van der Waals surface area (Å²) in [7, 11) is 0. The maximum atomic E-state index is 12.9. The van der Waals surface area contributed by atoms with Gasteiger partial charge >= 0.3 is 0 Å². The third-order valence-electron chi connectivity index (χ3n) is 4.31. The summed E-state index contributed by atoms with van der Waals surface area (Å²) in [6.45, 7) is 8.05. The van der Waals surface area contributed by atoms with Crippen molar-refractivity contribution in [3.05, 3.63) is 35.6 Å². The molecule has 2 rings (SSSR count). The van der Waals surface area contributed by atoms with Crippen molar-refractivity contribution in [1.82, 2.24) is 4.90 Å². The first-order valence-electron chi connectivity index (χ1n) is 7.29. The van der Waals surface area contributed by atoms with Crippen LogP contribution in [0, 0.1) is 17.7 Å². The van der Waals surface area contributed by atoms with Gasteiger partial charge in [0.15, 0.2) is 0 Å². The van der Waals surface area contributed by atoms with E-state index in [0.29, 0.717) is 0 Å². The number of benzene rings is 1. The molecule has 0 radical (unpaired) electrons. The molecule has 1 heterocycles. The Bertz CT molecular complexity index is 388. The van der Waals surface area contributed by atoms with Crippen molar-refractivity contribution in [3.8, 4) is 0 Å². The van der Waals surface area contributed by atoms with Crippen LogP contribution in [-0.2, 0) is 0 Å². The van der Waals surface area contributed by atoms with Gasteiger partial charge in [-0.05, 0) is 55.5 Å². The highest BCUT2D eigenvalue weighted by molar-refractivity contribution is 5.19. The molecule has 0 amide bonds. The van der Waals surface area contributed by atoms with Crippen LogP contribution in [0.2, 0.25) is 0 Å². The Hall–Kier alpha value is -0.930. The van der Waals surface area contributed by atoms with Crippen LogP contribution in [0.25, 0.3) is 0 Å². The Labute approximate surface area is 115 Å². The molecule has 0 bridgehead atoms. The second-order valence-electron chi connectivity index (χ2n) is 6.04. The average Bonchev–Trinajstić information content (AvgIpc) is 2.86. The minimum atomic E-state index is -0.199. The SMILES string of the molecule is CC(C)C1CCN(CCC(N)c2ccc(F)cc2)C1. The number of halogens is 1. The molecule has 0 saturated carbocycles. The molecule has 1 aliphatic heterocycles. The predicted molar refractivity (Wildman–Crippen MR) is 77.3 cm³/mol. The molecular weight excluding hydrogens is 239 g/mol. The zero-order chi connectivity index (χ0) is 13.8. The van der Waals surface area contributed by atoms with Gasteiger partial charge in [-0.1, -0.05) is 26.0 Å². The van der Waals surface area contributed by atoms with Gasteiger partial charge in [-0.2, -0.15) is 0 Å². The van der Waals surface area contributed by atoms with Gasteiger partial charge in [0.05, 0.1) is 0 Å². The van der Waals surface area contributed by atoms with E-state index in [4.69, 9.17) is 5.73 Å². The van der Waals surface area contributed by atoms with Gasteiger partial charge in [0.25, 0.3) is 0 Å². The third kappa shape index (κ3) is 4.02. The van der Waals surface area contributed by atoms with Gasteiger partial charge in [-0.25, -0.2) is 4.39 Å². The highest BCUT2D eigenvalue weighted by Gasteiger charge is 2.24. The van der Waals surface area contributed by atoms with E-state index in [1.54, 1.807) is 12.1 Å². The van der Waals surface area contributed by atoms with E-state index in [1.165, 1.54) is 31.6 Å². The molecule has 19 heavy (non-hydrogen) atoms. The van der Waals surface area contributed by atoms with Gasteiger partial charge in [0.2, 0.25) is 0 Å². The second-order valence-corrected chi connectivity index (χ2v) is 6.04. The number of nitrogens with two attached hydrogens (primary N) is 1. The second kappa shape index (κ2) is 6.49. The Morgan fingerprint density at radius 1 is 1.32 bits per heavy atom. The van der Waals surface area contributed by atoms with E-state index in [9.17, 15) is 4.39 Å². The fourth-order valence-electron chi connectivity index (χ4n) is 2.81.